The molecule has 3 aliphatic rings. The number of hydrogen-bond donors (Lipinski definition) is 1. The van der Waals surface area contributed by atoms with Crippen molar-refractivity contribution < 1.29 is 13.2 Å². The second-order valence-corrected chi connectivity index (χ2v) is 9.89. The Bertz CT molecular complexity index is 505. The van der Waals surface area contributed by atoms with Gasteiger partial charge in [-0.15, -0.1) is 0 Å². The van der Waals surface area contributed by atoms with Gasteiger partial charge in [-0.05, 0) is 25.8 Å². The molecule has 6 heteroatoms. The third kappa shape index (κ3) is 2.54. The number of rotatable bonds is 2. The lowest BCUT2D eigenvalue weighted by Gasteiger charge is -2.67. The molecule has 122 valence electrons. The Morgan fingerprint density at radius 1 is 1.24 bits per heavy atom. The van der Waals surface area contributed by atoms with E-state index in [2.05, 4.69) is 18.7 Å². The van der Waals surface area contributed by atoms with Crippen molar-refractivity contribution in [2.45, 2.75) is 44.8 Å². The minimum atomic E-state index is -2.86. The molecule has 0 aromatic carbocycles. The number of nitrogens with two attached hydrogens (primary N) is 1. The van der Waals surface area contributed by atoms with Crippen LogP contribution in [0.4, 0.5) is 0 Å². The lowest BCUT2D eigenvalue weighted by molar-refractivity contribution is -0.231. The number of sulfone groups is 1. The SMILES string of the molecule is CC1(C)C2OCCCC2C1(N)CN1CCCS(=O)(=O)CC1. The van der Waals surface area contributed by atoms with E-state index in [0.717, 1.165) is 39.0 Å². The highest BCUT2D eigenvalue weighted by Gasteiger charge is 2.66. The molecule has 3 fully saturated rings. The van der Waals surface area contributed by atoms with Crippen LogP contribution >= 0.6 is 0 Å². The van der Waals surface area contributed by atoms with Gasteiger partial charge in [0, 0.05) is 36.6 Å². The Labute approximate surface area is 128 Å². The fourth-order valence-corrected chi connectivity index (χ4v) is 5.82. The first-order chi connectivity index (χ1) is 9.76. The van der Waals surface area contributed by atoms with E-state index in [4.69, 9.17) is 10.5 Å². The van der Waals surface area contributed by atoms with Crippen LogP contribution in [0.15, 0.2) is 0 Å². The fraction of sp³-hybridized carbons (Fsp3) is 1.00. The topological polar surface area (TPSA) is 72.6 Å². The second-order valence-electron chi connectivity index (χ2n) is 7.58. The van der Waals surface area contributed by atoms with E-state index in [1.165, 1.54) is 0 Å². The van der Waals surface area contributed by atoms with Gasteiger partial charge in [0.2, 0.25) is 0 Å². The lowest BCUT2D eigenvalue weighted by atomic mass is 9.46. The molecule has 21 heavy (non-hydrogen) atoms. The van der Waals surface area contributed by atoms with Gasteiger partial charge in [0.25, 0.3) is 0 Å². The Hall–Kier alpha value is -0.170. The van der Waals surface area contributed by atoms with Gasteiger partial charge in [-0.25, -0.2) is 8.42 Å². The summed E-state index contributed by atoms with van der Waals surface area (Å²) in [7, 11) is -2.86. The molecule has 5 nitrogen and oxygen atoms in total. The number of hydrogen-bond acceptors (Lipinski definition) is 5. The minimum absolute atomic E-state index is 0.0384. The van der Waals surface area contributed by atoms with Crippen LogP contribution in [0.2, 0.25) is 0 Å². The predicted octanol–water partition coefficient (Wildman–Crippen LogP) is 0.639. The molecule has 0 amide bonds. The van der Waals surface area contributed by atoms with Crippen LogP contribution in [0, 0.1) is 11.3 Å². The summed E-state index contributed by atoms with van der Waals surface area (Å²) in [5, 5.41) is 0. The second kappa shape index (κ2) is 5.18. The molecule has 0 spiro atoms. The molecule has 2 aliphatic heterocycles. The van der Waals surface area contributed by atoms with Gasteiger partial charge in [0.15, 0.2) is 9.84 Å². The highest BCUT2D eigenvalue weighted by molar-refractivity contribution is 7.91. The van der Waals surface area contributed by atoms with Crippen molar-refractivity contribution in [1.29, 1.82) is 0 Å². The first-order valence-electron chi connectivity index (χ1n) is 8.09. The third-order valence-electron chi connectivity index (χ3n) is 6.03. The zero-order valence-electron chi connectivity index (χ0n) is 13.2. The van der Waals surface area contributed by atoms with E-state index in [1.807, 2.05) is 0 Å². The molecule has 2 heterocycles. The standard InChI is InChI=1S/C15H28N2O3S/c1-14(2)13-12(5-3-8-20-13)15(14,16)11-17-6-4-9-21(18,19)10-7-17/h12-13H,3-11,16H2,1-2H3. The van der Waals surface area contributed by atoms with Crippen LogP contribution in [0.1, 0.15) is 33.1 Å². The first-order valence-corrected chi connectivity index (χ1v) is 9.92. The number of ether oxygens (including phenoxy) is 1. The molecular formula is C15H28N2O3S. The molecule has 0 radical (unpaired) electrons. The Morgan fingerprint density at radius 3 is 2.76 bits per heavy atom. The molecule has 3 unspecified atom stereocenters. The van der Waals surface area contributed by atoms with E-state index in [9.17, 15) is 8.42 Å². The lowest BCUT2D eigenvalue weighted by Crippen LogP contribution is -2.80. The summed E-state index contributed by atoms with van der Waals surface area (Å²) < 4.78 is 29.4. The van der Waals surface area contributed by atoms with Crippen molar-refractivity contribution in [3.8, 4) is 0 Å². The molecule has 0 aromatic rings. The zero-order valence-corrected chi connectivity index (χ0v) is 14.0. The average molecular weight is 316 g/mol. The first kappa shape index (κ1) is 15.7. The van der Waals surface area contributed by atoms with Gasteiger partial charge < -0.3 is 15.4 Å². The molecule has 1 aliphatic carbocycles. The molecule has 0 aromatic heterocycles. The Morgan fingerprint density at radius 2 is 2.00 bits per heavy atom. The zero-order chi connectivity index (χ0) is 15.3. The maximum atomic E-state index is 11.7. The van der Waals surface area contributed by atoms with E-state index < -0.39 is 9.84 Å². The quantitative estimate of drug-likeness (QED) is 0.809. The van der Waals surface area contributed by atoms with Crippen LogP contribution in [0.25, 0.3) is 0 Å². The smallest absolute Gasteiger partial charge is 0.151 e. The van der Waals surface area contributed by atoms with Crippen molar-refractivity contribution in [1.82, 2.24) is 4.90 Å². The van der Waals surface area contributed by atoms with Gasteiger partial charge >= 0.3 is 0 Å². The summed E-state index contributed by atoms with van der Waals surface area (Å²) in [6.45, 7) is 7.51. The molecule has 0 bridgehead atoms. The Kier molecular flexibility index (Phi) is 3.88. The molecule has 3 atom stereocenters. The maximum Gasteiger partial charge on any atom is 0.151 e. The molecule has 1 saturated carbocycles. The van der Waals surface area contributed by atoms with E-state index in [0.29, 0.717) is 18.2 Å². The highest BCUT2D eigenvalue weighted by atomic mass is 32.2. The summed E-state index contributed by atoms with van der Waals surface area (Å²) in [4.78, 5) is 2.26. The van der Waals surface area contributed by atoms with Crippen molar-refractivity contribution in [2.75, 3.05) is 37.7 Å². The Balaban J connectivity index is 1.71. The predicted molar refractivity (Wildman–Crippen MR) is 82.9 cm³/mol. The van der Waals surface area contributed by atoms with E-state index in [-0.39, 0.29) is 22.8 Å². The van der Waals surface area contributed by atoms with Gasteiger partial charge in [0.1, 0.15) is 0 Å². The third-order valence-corrected chi connectivity index (χ3v) is 7.74. The van der Waals surface area contributed by atoms with Gasteiger partial charge in [-0.3, -0.25) is 0 Å². The minimum Gasteiger partial charge on any atom is -0.377 e. The largest absolute Gasteiger partial charge is 0.377 e. The summed E-state index contributed by atoms with van der Waals surface area (Å²) in [6.07, 6.45) is 3.22. The van der Waals surface area contributed by atoms with Crippen LogP contribution in [0.5, 0.6) is 0 Å². The molecule has 3 rings (SSSR count). The summed E-state index contributed by atoms with van der Waals surface area (Å²) in [5.74, 6) is 1.01. The fourth-order valence-electron chi connectivity index (χ4n) is 4.51. The van der Waals surface area contributed by atoms with Crippen LogP contribution in [-0.4, -0.2) is 62.7 Å². The maximum absolute atomic E-state index is 11.7. The van der Waals surface area contributed by atoms with Crippen LogP contribution in [-0.2, 0) is 14.6 Å². The van der Waals surface area contributed by atoms with E-state index in [1.54, 1.807) is 0 Å². The summed E-state index contributed by atoms with van der Waals surface area (Å²) >= 11 is 0. The van der Waals surface area contributed by atoms with Crippen LogP contribution in [0.3, 0.4) is 0 Å². The highest BCUT2D eigenvalue weighted by Crippen LogP contribution is 2.57. The monoisotopic (exact) mass is 316 g/mol. The van der Waals surface area contributed by atoms with Crippen molar-refractivity contribution in [3.05, 3.63) is 0 Å². The van der Waals surface area contributed by atoms with Crippen molar-refractivity contribution in [3.63, 3.8) is 0 Å². The summed E-state index contributed by atoms with van der Waals surface area (Å²) in [5.41, 5.74) is 6.52. The number of fused-ring (bicyclic) bond motifs is 1. The molecular weight excluding hydrogens is 288 g/mol. The summed E-state index contributed by atoms with van der Waals surface area (Å²) in [6, 6.07) is 0. The van der Waals surface area contributed by atoms with E-state index >= 15 is 0 Å². The van der Waals surface area contributed by atoms with Gasteiger partial charge in [-0.2, -0.15) is 0 Å². The molecule has 2 saturated heterocycles. The van der Waals surface area contributed by atoms with Crippen molar-refractivity contribution >= 4 is 9.84 Å². The number of nitrogens with zero attached hydrogens (tertiary/aromatic N) is 1. The molecule has 2 N–H and O–H groups in total. The normalized spacial score (nSPS) is 42.6. The van der Waals surface area contributed by atoms with Gasteiger partial charge in [-0.1, -0.05) is 13.8 Å². The average Bonchev–Trinajstić information content (AvgIpc) is 2.60. The van der Waals surface area contributed by atoms with Gasteiger partial charge in [0.05, 0.1) is 17.6 Å². The van der Waals surface area contributed by atoms with Crippen LogP contribution < -0.4 is 5.73 Å². The van der Waals surface area contributed by atoms with Crippen molar-refractivity contribution in [2.24, 2.45) is 17.1 Å².